The Balaban J connectivity index is 0.000000301. The van der Waals surface area contributed by atoms with Crippen LogP contribution in [-0.2, 0) is 29.2 Å². The maximum absolute atomic E-state index is 12.9. The lowest BCUT2D eigenvalue weighted by Crippen LogP contribution is -2.34. The van der Waals surface area contributed by atoms with Gasteiger partial charge < -0.3 is 25.0 Å². The van der Waals surface area contributed by atoms with Crippen LogP contribution in [0.25, 0.3) is 0 Å². The Morgan fingerprint density at radius 1 is 0.947 bits per heavy atom. The number of hydrogen-bond donors (Lipinski definition) is 3. The van der Waals surface area contributed by atoms with Gasteiger partial charge in [0, 0.05) is 25.5 Å². The van der Waals surface area contributed by atoms with Crippen molar-refractivity contribution in [1.29, 1.82) is 0 Å². The van der Waals surface area contributed by atoms with E-state index >= 15 is 0 Å². The maximum atomic E-state index is 12.9. The molecule has 18 heteroatoms. The minimum absolute atomic E-state index is 0.430. The van der Waals surface area contributed by atoms with Crippen molar-refractivity contribution in [3.63, 3.8) is 0 Å². The molecule has 0 aliphatic carbocycles. The Hall–Kier alpha value is -4.51. The summed E-state index contributed by atoms with van der Waals surface area (Å²) in [5.74, 6) is -3.64. The van der Waals surface area contributed by atoms with Gasteiger partial charge in [0.2, 0.25) is 5.95 Å². The van der Waals surface area contributed by atoms with E-state index in [-0.39, 0.29) is 0 Å². The highest BCUT2D eigenvalue weighted by molar-refractivity contribution is 5.73. The van der Waals surface area contributed by atoms with Crippen molar-refractivity contribution in [2.75, 3.05) is 16.8 Å². The third-order valence-electron chi connectivity index (χ3n) is 4.34. The molecule has 3 N–H and O–H groups in total. The van der Waals surface area contributed by atoms with E-state index in [0.29, 0.717) is 19.0 Å². The molecule has 0 spiro atoms. The van der Waals surface area contributed by atoms with E-state index < -0.39 is 30.1 Å². The molecule has 11 nitrogen and oxygen atoms in total. The van der Waals surface area contributed by atoms with Crippen molar-refractivity contribution in [2.24, 2.45) is 0 Å². The minimum atomic E-state index is -5.08. The van der Waals surface area contributed by atoms with Crippen LogP contribution in [0.3, 0.4) is 0 Å². The second-order valence-electron chi connectivity index (χ2n) is 7.14. The molecule has 0 saturated heterocycles. The predicted octanol–water partition coefficient (Wildman–Crippen LogP) is 3.11. The van der Waals surface area contributed by atoms with Crippen LogP contribution in [0.4, 0.5) is 42.5 Å². The van der Waals surface area contributed by atoms with E-state index in [1.165, 1.54) is 12.4 Å². The number of aliphatic carboxylic acids is 2. The Kier molecular flexibility index (Phi) is 9.88. The summed E-state index contributed by atoms with van der Waals surface area (Å²) in [6.45, 7) is 2.79. The Labute approximate surface area is 208 Å². The normalized spacial score (nSPS) is 12.8. The number of carboxylic acid groups (broad SMARTS) is 2. The highest BCUT2D eigenvalue weighted by Crippen LogP contribution is 2.18. The van der Waals surface area contributed by atoms with Crippen LogP contribution in [-0.4, -0.2) is 65.6 Å². The summed E-state index contributed by atoms with van der Waals surface area (Å²) in [5, 5.41) is 17.5. The lowest BCUT2D eigenvalue weighted by molar-refractivity contribution is -0.193. The SMILES string of the molecule is Fc1cnc(N2CCn3cc(CNc4ccccn4)nc3C2)nc1.O=C(O)C(F)(F)F.O=C(O)C(F)(F)F. The first-order valence-corrected chi connectivity index (χ1v) is 10.2. The first-order chi connectivity index (χ1) is 17.7. The average Bonchev–Trinajstić information content (AvgIpc) is 3.26. The largest absolute Gasteiger partial charge is 0.490 e. The van der Waals surface area contributed by atoms with Gasteiger partial charge in [-0.05, 0) is 12.1 Å². The number of nitrogens with zero attached hydrogens (tertiary/aromatic N) is 6. The Morgan fingerprint density at radius 3 is 2.03 bits per heavy atom. The van der Waals surface area contributed by atoms with Gasteiger partial charge in [0.15, 0.2) is 5.82 Å². The quantitative estimate of drug-likeness (QED) is 0.412. The van der Waals surface area contributed by atoms with Crippen LogP contribution < -0.4 is 10.2 Å². The molecule has 1 aliphatic heterocycles. The number of fused-ring (bicyclic) bond motifs is 1. The summed E-state index contributed by atoms with van der Waals surface area (Å²) in [5.41, 5.74) is 0.956. The van der Waals surface area contributed by atoms with E-state index in [0.717, 1.165) is 30.4 Å². The molecule has 0 radical (unpaired) electrons. The van der Waals surface area contributed by atoms with Gasteiger partial charge in [0.25, 0.3) is 0 Å². The molecule has 1 aliphatic rings. The number of carbonyl (C=O) groups is 2. The molecule has 3 aromatic rings. The number of rotatable bonds is 4. The molecule has 3 aromatic heterocycles. The van der Waals surface area contributed by atoms with Crippen molar-refractivity contribution in [1.82, 2.24) is 24.5 Å². The number of aromatic nitrogens is 5. The summed E-state index contributed by atoms with van der Waals surface area (Å²) in [6.07, 6.45) is -3.99. The number of hydrogen-bond acceptors (Lipinski definition) is 8. The first kappa shape index (κ1) is 29.7. The first-order valence-electron chi connectivity index (χ1n) is 10.2. The van der Waals surface area contributed by atoms with Gasteiger partial charge in [-0.3, -0.25) is 0 Å². The number of pyridine rings is 1. The van der Waals surface area contributed by atoms with Crippen LogP contribution in [0, 0.1) is 5.82 Å². The van der Waals surface area contributed by atoms with Gasteiger partial charge in [0.1, 0.15) is 11.6 Å². The lowest BCUT2D eigenvalue weighted by atomic mass is 10.4. The number of carboxylic acids is 2. The number of halogens is 7. The minimum Gasteiger partial charge on any atom is -0.475 e. The molecule has 0 atom stereocenters. The van der Waals surface area contributed by atoms with Crippen molar-refractivity contribution >= 4 is 23.7 Å². The second-order valence-corrected chi connectivity index (χ2v) is 7.14. The maximum Gasteiger partial charge on any atom is 0.490 e. The molecule has 0 unspecified atom stereocenters. The molecular formula is C20H18F7N7O4. The second kappa shape index (κ2) is 12.6. The highest BCUT2D eigenvalue weighted by Gasteiger charge is 2.38. The number of alkyl halides is 6. The summed E-state index contributed by atoms with van der Waals surface area (Å²) < 4.78 is 78.6. The number of anilines is 2. The van der Waals surface area contributed by atoms with Gasteiger partial charge in [0.05, 0.1) is 31.2 Å². The Bertz CT molecular complexity index is 1180. The molecule has 4 heterocycles. The molecule has 206 valence electrons. The van der Waals surface area contributed by atoms with Crippen LogP contribution in [0.2, 0.25) is 0 Å². The lowest BCUT2D eigenvalue weighted by Gasteiger charge is -2.27. The fourth-order valence-electron chi connectivity index (χ4n) is 2.68. The molecule has 0 saturated carbocycles. The van der Waals surface area contributed by atoms with Gasteiger partial charge in [-0.25, -0.2) is 33.9 Å². The number of imidazole rings is 1. The summed E-state index contributed by atoms with van der Waals surface area (Å²) in [6, 6.07) is 5.74. The van der Waals surface area contributed by atoms with E-state index in [1.807, 2.05) is 29.3 Å². The van der Waals surface area contributed by atoms with E-state index in [9.17, 15) is 30.7 Å². The van der Waals surface area contributed by atoms with Crippen LogP contribution in [0.5, 0.6) is 0 Å². The zero-order valence-corrected chi connectivity index (χ0v) is 18.9. The van der Waals surface area contributed by atoms with Crippen LogP contribution in [0.15, 0.2) is 43.0 Å². The summed E-state index contributed by atoms with van der Waals surface area (Å²) in [4.78, 5) is 36.8. The standard InChI is InChI=1S/C16H16FN7.2C2HF3O2/c17-12-7-20-16(21-8-12)24-6-5-23-10-13(22-15(23)11-24)9-19-14-3-1-2-4-18-14;2*3-2(4,5)1(6)7/h1-4,7-8,10H,5-6,9,11H2,(H,18,19);2*(H,6,7). The molecule has 0 amide bonds. The molecule has 0 aromatic carbocycles. The average molecular weight is 553 g/mol. The van der Waals surface area contributed by atoms with E-state index in [2.05, 4.69) is 29.8 Å². The van der Waals surface area contributed by atoms with Crippen molar-refractivity contribution < 1.29 is 50.5 Å². The molecule has 0 bridgehead atoms. The zero-order chi connectivity index (χ0) is 28.5. The highest BCUT2D eigenvalue weighted by atomic mass is 19.4. The fourth-order valence-corrected chi connectivity index (χ4v) is 2.68. The molecule has 0 fully saturated rings. The smallest absolute Gasteiger partial charge is 0.475 e. The monoisotopic (exact) mass is 553 g/mol. The van der Waals surface area contributed by atoms with Crippen LogP contribution >= 0.6 is 0 Å². The predicted molar refractivity (Wildman–Crippen MR) is 114 cm³/mol. The third-order valence-corrected chi connectivity index (χ3v) is 4.34. The van der Waals surface area contributed by atoms with Gasteiger partial charge in [-0.2, -0.15) is 26.3 Å². The number of nitrogens with one attached hydrogen (secondary N) is 1. The zero-order valence-electron chi connectivity index (χ0n) is 18.9. The van der Waals surface area contributed by atoms with Crippen LogP contribution in [0.1, 0.15) is 11.5 Å². The van der Waals surface area contributed by atoms with E-state index in [1.54, 1.807) is 6.20 Å². The van der Waals surface area contributed by atoms with Crippen molar-refractivity contribution in [3.05, 3.63) is 60.3 Å². The summed E-state index contributed by atoms with van der Waals surface area (Å²) in [7, 11) is 0. The Morgan fingerprint density at radius 2 is 1.53 bits per heavy atom. The van der Waals surface area contributed by atoms with Gasteiger partial charge >= 0.3 is 24.3 Å². The van der Waals surface area contributed by atoms with Crippen molar-refractivity contribution in [3.8, 4) is 0 Å². The molecule has 4 rings (SSSR count). The summed E-state index contributed by atoms with van der Waals surface area (Å²) >= 11 is 0. The van der Waals surface area contributed by atoms with E-state index in [4.69, 9.17) is 19.8 Å². The topological polar surface area (TPSA) is 146 Å². The molecule has 38 heavy (non-hydrogen) atoms. The van der Waals surface area contributed by atoms with Gasteiger partial charge in [-0.1, -0.05) is 6.07 Å². The molecular weight excluding hydrogens is 535 g/mol. The third kappa shape index (κ3) is 9.51. The van der Waals surface area contributed by atoms with Gasteiger partial charge in [-0.15, -0.1) is 0 Å². The van der Waals surface area contributed by atoms with Crippen molar-refractivity contribution in [2.45, 2.75) is 32.0 Å². The fraction of sp³-hybridized carbons (Fsp3) is 0.300.